The van der Waals surface area contributed by atoms with Gasteiger partial charge in [0.15, 0.2) is 5.78 Å². The number of hydrogen-bond acceptors (Lipinski definition) is 4. The average molecular weight is 182 g/mol. The molecule has 1 rings (SSSR count). The predicted octanol–water partition coefficient (Wildman–Crippen LogP) is 1.34. The average Bonchev–Trinajstić information content (AvgIpc) is 2.37. The molecule has 0 spiro atoms. The van der Waals surface area contributed by atoms with Gasteiger partial charge in [-0.15, -0.1) is 11.3 Å². The van der Waals surface area contributed by atoms with Crippen LogP contribution in [0.15, 0.2) is 11.6 Å². The zero-order valence-corrected chi connectivity index (χ0v) is 7.81. The van der Waals surface area contributed by atoms with Crippen LogP contribution in [-0.2, 0) is 4.79 Å². The third-order valence-corrected chi connectivity index (χ3v) is 2.39. The van der Waals surface area contributed by atoms with Gasteiger partial charge in [0, 0.05) is 17.3 Å². The summed E-state index contributed by atoms with van der Waals surface area (Å²) in [5, 5.41) is 2.59. The summed E-state index contributed by atoms with van der Waals surface area (Å²) in [4.78, 5) is 15.2. The lowest BCUT2D eigenvalue weighted by Crippen LogP contribution is -1.98. The topological polar surface area (TPSA) is 56.0 Å². The van der Waals surface area contributed by atoms with Crippen LogP contribution in [0.3, 0.4) is 0 Å². The Hall–Kier alpha value is -1.16. The van der Waals surface area contributed by atoms with Gasteiger partial charge in [-0.25, -0.2) is 4.98 Å². The van der Waals surface area contributed by atoms with Crippen LogP contribution < -0.4 is 5.73 Å². The van der Waals surface area contributed by atoms with E-state index in [0.717, 1.165) is 5.69 Å². The third kappa shape index (κ3) is 1.71. The Labute approximate surface area is 74.9 Å². The van der Waals surface area contributed by atoms with Crippen LogP contribution in [0.4, 0.5) is 0 Å². The monoisotopic (exact) mass is 182 g/mol. The van der Waals surface area contributed by atoms with Gasteiger partial charge < -0.3 is 5.73 Å². The molecule has 0 unspecified atom stereocenters. The summed E-state index contributed by atoms with van der Waals surface area (Å²) in [6, 6.07) is 0. The fraction of sp³-hybridized carbons (Fsp3) is 0.250. The van der Waals surface area contributed by atoms with E-state index in [1.807, 2.05) is 12.3 Å². The molecule has 0 aliphatic rings. The molecule has 2 N–H and O–H groups in total. The van der Waals surface area contributed by atoms with E-state index in [9.17, 15) is 4.79 Å². The summed E-state index contributed by atoms with van der Waals surface area (Å²) in [6.45, 7) is 3.36. The molecule has 0 atom stereocenters. The van der Waals surface area contributed by atoms with Crippen LogP contribution >= 0.6 is 11.3 Å². The number of allylic oxidation sites excluding steroid dienone is 1. The van der Waals surface area contributed by atoms with Crippen molar-refractivity contribution in [2.75, 3.05) is 0 Å². The fourth-order valence-corrected chi connectivity index (χ4v) is 1.69. The van der Waals surface area contributed by atoms with Gasteiger partial charge in [-0.05, 0) is 13.8 Å². The molecular weight excluding hydrogens is 172 g/mol. The highest BCUT2D eigenvalue weighted by Crippen LogP contribution is 2.18. The van der Waals surface area contributed by atoms with Crippen molar-refractivity contribution in [3.63, 3.8) is 0 Å². The molecule has 0 saturated carbocycles. The molecule has 0 aliphatic heterocycles. The summed E-state index contributed by atoms with van der Waals surface area (Å²) in [7, 11) is 0. The molecule has 12 heavy (non-hydrogen) atoms. The smallest absolute Gasteiger partial charge is 0.164 e. The van der Waals surface area contributed by atoms with E-state index >= 15 is 0 Å². The van der Waals surface area contributed by atoms with Crippen LogP contribution in [0.1, 0.15) is 17.6 Å². The van der Waals surface area contributed by atoms with Gasteiger partial charge in [-0.2, -0.15) is 0 Å². The number of ketones is 1. The Balaban J connectivity index is 3.04. The predicted molar refractivity (Wildman–Crippen MR) is 49.7 cm³/mol. The first-order valence-electron chi connectivity index (χ1n) is 3.50. The zero-order valence-electron chi connectivity index (χ0n) is 7.00. The SMILES string of the molecule is CC(=O)/C(=C/N)c1nc(C)cs1. The molecule has 1 aromatic rings. The number of rotatable bonds is 2. The van der Waals surface area contributed by atoms with Gasteiger partial charge in [-0.3, -0.25) is 4.79 Å². The van der Waals surface area contributed by atoms with Crippen LogP contribution in [0.5, 0.6) is 0 Å². The standard InChI is InChI=1S/C8H10N2OS/c1-5-4-12-8(10-5)7(3-9)6(2)11/h3-4H,9H2,1-2H3/b7-3-. The summed E-state index contributed by atoms with van der Waals surface area (Å²) in [6.07, 6.45) is 1.31. The van der Waals surface area contributed by atoms with E-state index in [1.54, 1.807) is 0 Å². The molecule has 3 nitrogen and oxygen atoms in total. The Morgan fingerprint density at radius 3 is 2.75 bits per heavy atom. The van der Waals surface area contributed by atoms with Gasteiger partial charge in [0.1, 0.15) is 5.01 Å². The van der Waals surface area contributed by atoms with Gasteiger partial charge in [0.25, 0.3) is 0 Å². The van der Waals surface area contributed by atoms with Crippen LogP contribution in [0.25, 0.3) is 5.57 Å². The highest BCUT2D eigenvalue weighted by molar-refractivity contribution is 7.11. The number of nitrogens with two attached hydrogens (primary N) is 1. The van der Waals surface area contributed by atoms with Crippen molar-refractivity contribution in [3.8, 4) is 0 Å². The molecule has 0 amide bonds. The van der Waals surface area contributed by atoms with Gasteiger partial charge >= 0.3 is 0 Å². The molecule has 4 heteroatoms. The molecule has 0 saturated heterocycles. The number of aryl methyl sites for hydroxylation is 1. The lowest BCUT2D eigenvalue weighted by molar-refractivity contribution is -0.111. The van der Waals surface area contributed by atoms with E-state index in [2.05, 4.69) is 4.98 Å². The number of carbonyl (C=O) groups is 1. The number of nitrogens with zero attached hydrogens (tertiary/aromatic N) is 1. The largest absolute Gasteiger partial charge is 0.404 e. The van der Waals surface area contributed by atoms with Gasteiger partial charge in [0.2, 0.25) is 0 Å². The zero-order chi connectivity index (χ0) is 9.14. The number of thiazole rings is 1. The van der Waals surface area contributed by atoms with E-state index in [4.69, 9.17) is 5.73 Å². The van der Waals surface area contributed by atoms with E-state index < -0.39 is 0 Å². The quantitative estimate of drug-likeness (QED) is 0.702. The second-order valence-electron chi connectivity index (χ2n) is 2.43. The maximum Gasteiger partial charge on any atom is 0.164 e. The first-order chi connectivity index (χ1) is 5.65. The van der Waals surface area contributed by atoms with Crippen molar-refractivity contribution < 1.29 is 4.79 Å². The molecular formula is C8H10N2OS. The molecule has 0 aromatic carbocycles. The molecule has 1 aromatic heterocycles. The Morgan fingerprint density at radius 2 is 2.42 bits per heavy atom. The highest BCUT2D eigenvalue weighted by Gasteiger charge is 2.09. The number of Topliss-reactive ketones (excluding diaryl/α,β-unsaturated/α-hetero) is 1. The van der Waals surface area contributed by atoms with Crippen molar-refractivity contribution in [1.29, 1.82) is 0 Å². The highest BCUT2D eigenvalue weighted by atomic mass is 32.1. The third-order valence-electron chi connectivity index (χ3n) is 1.40. The molecule has 0 aliphatic carbocycles. The first-order valence-corrected chi connectivity index (χ1v) is 4.38. The van der Waals surface area contributed by atoms with Gasteiger partial charge in [0.05, 0.1) is 5.57 Å². The Kier molecular flexibility index (Phi) is 2.60. The maximum absolute atomic E-state index is 11.0. The van der Waals surface area contributed by atoms with Crippen molar-refractivity contribution in [3.05, 3.63) is 22.3 Å². The van der Waals surface area contributed by atoms with Crippen LogP contribution in [-0.4, -0.2) is 10.8 Å². The normalized spacial score (nSPS) is 11.7. The van der Waals surface area contributed by atoms with E-state index in [-0.39, 0.29) is 5.78 Å². The Morgan fingerprint density at radius 1 is 1.75 bits per heavy atom. The van der Waals surface area contributed by atoms with Crippen molar-refractivity contribution in [2.24, 2.45) is 5.73 Å². The number of aromatic nitrogens is 1. The summed E-state index contributed by atoms with van der Waals surface area (Å²) < 4.78 is 0. The Bertz CT molecular complexity index is 328. The van der Waals surface area contributed by atoms with E-state index in [1.165, 1.54) is 24.5 Å². The first kappa shape index (κ1) is 8.93. The molecule has 0 radical (unpaired) electrons. The minimum atomic E-state index is -0.0492. The fourth-order valence-electron chi connectivity index (χ4n) is 0.817. The lowest BCUT2D eigenvalue weighted by atomic mass is 10.2. The second kappa shape index (κ2) is 3.49. The minimum Gasteiger partial charge on any atom is -0.404 e. The van der Waals surface area contributed by atoms with Gasteiger partial charge in [-0.1, -0.05) is 0 Å². The van der Waals surface area contributed by atoms with Crippen molar-refractivity contribution in [1.82, 2.24) is 4.98 Å². The second-order valence-corrected chi connectivity index (χ2v) is 3.29. The van der Waals surface area contributed by atoms with Crippen molar-refractivity contribution in [2.45, 2.75) is 13.8 Å². The van der Waals surface area contributed by atoms with Crippen LogP contribution in [0.2, 0.25) is 0 Å². The van der Waals surface area contributed by atoms with Crippen LogP contribution in [0, 0.1) is 6.92 Å². The lowest BCUT2D eigenvalue weighted by Gasteiger charge is -1.94. The molecule has 0 fully saturated rings. The number of carbonyl (C=O) groups excluding carboxylic acids is 1. The number of hydrogen-bond donors (Lipinski definition) is 1. The van der Waals surface area contributed by atoms with E-state index in [0.29, 0.717) is 10.6 Å². The summed E-state index contributed by atoms with van der Waals surface area (Å²) >= 11 is 1.43. The van der Waals surface area contributed by atoms with Crippen molar-refractivity contribution >= 4 is 22.7 Å². The minimum absolute atomic E-state index is 0.0492. The summed E-state index contributed by atoms with van der Waals surface area (Å²) in [5.41, 5.74) is 6.70. The molecule has 1 heterocycles. The summed E-state index contributed by atoms with van der Waals surface area (Å²) in [5.74, 6) is -0.0492. The maximum atomic E-state index is 11.0. The molecule has 64 valence electrons. The molecule has 0 bridgehead atoms.